The maximum atomic E-state index is 12.5. The van der Waals surface area contributed by atoms with Gasteiger partial charge < -0.3 is 9.64 Å². The predicted molar refractivity (Wildman–Crippen MR) is 93.8 cm³/mol. The molecule has 122 valence electrons. The molecule has 0 radical (unpaired) electrons. The summed E-state index contributed by atoms with van der Waals surface area (Å²) in [6.45, 7) is 7.09. The van der Waals surface area contributed by atoms with Crippen LogP contribution < -0.4 is 0 Å². The van der Waals surface area contributed by atoms with Crippen molar-refractivity contribution in [1.82, 2.24) is 4.90 Å². The Bertz CT molecular complexity index is 637. The van der Waals surface area contributed by atoms with Crippen LogP contribution in [0.1, 0.15) is 38.7 Å². The summed E-state index contributed by atoms with van der Waals surface area (Å²) in [7, 11) is 1.44. The fraction of sp³-hybridized carbons (Fsp3) is 0.350. The molecule has 1 atom stereocenters. The van der Waals surface area contributed by atoms with Crippen molar-refractivity contribution < 1.29 is 9.53 Å². The molecule has 1 aromatic rings. The van der Waals surface area contributed by atoms with E-state index in [9.17, 15) is 4.79 Å². The first-order valence-corrected chi connectivity index (χ1v) is 8.05. The lowest BCUT2D eigenvalue weighted by atomic mass is 9.87. The molecule has 0 amide bonds. The van der Waals surface area contributed by atoms with Crippen molar-refractivity contribution >= 4 is 5.97 Å². The van der Waals surface area contributed by atoms with Gasteiger partial charge in [0.15, 0.2) is 0 Å². The number of nitrogens with zero attached hydrogens (tertiary/aromatic N) is 1. The van der Waals surface area contributed by atoms with Crippen LogP contribution in [0, 0.1) is 0 Å². The Morgan fingerprint density at radius 3 is 2.52 bits per heavy atom. The van der Waals surface area contributed by atoms with Gasteiger partial charge in [-0.2, -0.15) is 0 Å². The third-order valence-corrected chi connectivity index (χ3v) is 3.81. The maximum absolute atomic E-state index is 12.5. The molecule has 2 rings (SSSR count). The van der Waals surface area contributed by atoms with Crippen molar-refractivity contribution in [2.24, 2.45) is 0 Å². The molecule has 1 heterocycles. The average Bonchev–Trinajstić information content (AvgIpc) is 2.56. The summed E-state index contributed by atoms with van der Waals surface area (Å²) in [5, 5.41) is 0. The van der Waals surface area contributed by atoms with Gasteiger partial charge in [-0.15, -0.1) is 0 Å². The van der Waals surface area contributed by atoms with Crippen molar-refractivity contribution in [3.8, 4) is 0 Å². The van der Waals surface area contributed by atoms with Gasteiger partial charge in [-0.25, -0.2) is 4.79 Å². The Morgan fingerprint density at radius 2 is 1.96 bits per heavy atom. The maximum Gasteiger partial charge on any atom is 0.336 e. The molecule has 0 aliphatic carbocycles. The zero-order valence-electron chi connectivity index (χ0n) is 14.4. The van der Waals surface area contributed by atoms with E-state index in [4.69, 9.17) is 4.74 Å². The van der Waals surface area contributed by atoms with E-state index in [1.807, 2.05) is 44.2 Å². The molecule has 23 heavy (non-hydrogen) atoms. The number of carbonyl (C=O) groups excluding carboxylic acids is 1. The van der Waals surface area contributed by atoms with E-state index in [0.29, 0.717) is 5.57 Å². The number of ether oxygens (including phenoxy) is 1. The minimum atomic E-state index is -0.267. The van der Waals surface area contributed by atoms with Gasteiger partial charge in [0.2, 0.25) is 0 Å². The van der Waals surface area contributed by atoms with Gasteiger partial charge in [0.25, 0.3) is 0 Å². The number of esters is 1. The molecule has 0 fully saturated rings. The van der Waals surface area contributed by atoms with Crippen LogP contribution in [0.3, 0.4) is 0 Å². The lowest BCUT2D eigenvalue weighted by Gasteiger charge is -2.31. The highest BCUT2D eigenvalue weighted by Crippen LogP contribution is 2.35. The molecular weight excluding hydrogens is 286 g/mol. The summed E-state index contributed by atoms with van der Waals surface area (Å²) in [5.41, 5.74) is 3.90. The second-order valence-electron chi connectivity index (χ2n) is 5.94. The summed E-state index contributed by atoms with van der Waals surface area (Å²) in [6, 6.07) is 10.1. The molecule has 1 aliphatic heterocycles. The second kappa shape index (κ2) is 7.82. The van der Waals surface area contributed by atoms with E-state index < -0.39 is 0 Å². The number of carbonyl (C=O) groups is 1. The number of hydrogen-bond donors (Lipinski definition) is 0. The minimum Gasteiger partial charge on any atom is -0.466 e. The Balaban J connectivity index is 2.60. The fourth-order valence-electron chi connectivity index (χ4n) is 2.83. The summed E-state index contributed by atoms with van der Waals surface area (Å²) >= 11 is 0. The van der Waals surface area contributed by atoms with Crippen LogP contribution in [0.15, 0.2) is 65.5 Å². The monoisotopic (exact) mass is 311 g/mol. The Kier molecular flexibility index (Phi) is 5.80. The van der Waals surface area contributed by atoms with Gasteiger partial charge in [0.1, 0.15) is 0 Å². The normalized spacial score (nSPS) is 17.2. The van der Waals surface area contributed by atoms with Crippen LogP contribution in [-0.4, -0.2) is 24.5 Å². The third-order valence-electron chi connectivity index (χ3n) is 3.81. The lowest BCUT2D eigenvalue weighted by molar-refractivity contribution is -0.136. The lowest BCUT2D eigenvalue weighted by Crippen LogP contribution is -2.27. The van der Waals surface area contributed by atoms with Crippen molar-refractivity contribution in [2.75, 3.05) is 13.7 Å². The molecule has 1 unspecified atom stereocenters. The van der Waals surface area contributed by atoms with Crippen LogP contribution in [0.5, 0.6) is 0 Å². The molecule has 3 nitrogen and oxygen atoms in total. The summed E-state index contributed by atoms with van der Waals surface area (Å²) in [6.07, 6.45) is 7.25. The van der Waals surface area contributed by atoms with E-state index >= 15 is 0 Å². The van der Waals surface area contributed by atoms with E-state index in [0.717, 1.165) is 29.8 Å². The van der Waals surface area contributed by atoms with Crippen molar-refractivity contribution in [2.45, 2.75) is 33.1 Å². The van der Waals surface area contributed by atoms with E-state index in [1.165, 1.54) is 7.11 Å². The molecule has 0 aromatic heterocycles. The molecule has 0 N–H and O–H groups in total. The molecule has 0 spiro atoms. The average molecular weight is 311 g/mol. The third kappa shape index (κ3) is 3.92. The van der Waals surface area contributed by atoms with Gasteiger partial charge in [-0.1, -0.05) is 48.9 Å². The number of hydrogen-bond acceptors (Lipinski definition) is 3. The molecule has 0 saturated heterocycles. The predicted octanol–water partition coefficient (Wildman–Crippen LogP) is 4.40. The smallest absolute Gasteiger partial charge is 0.336 e. The highest BCUT2D eigenvalue weighted by Gasteiger charge is 2.29. The van der Waals surface area contributed by atoms with Crippen LogP contribution in [0.25, 0.3) is 0 Å². The van der Waals surface area contributed by atoms with Crippen molar-refractivity contribution in [1.29, 1.82) is 0 Å². The molecule has 0 saturated carbocycles. The largest absolute Gasteiger partial charge is 0.466 e. The number of benzene rings is 1. The number of methoxy groups -OCH3 is 1. The topological polar surface area (TPSA) is 29.5 Å². The van der Waals surface area contributed by atoms with E-state index in [-0.39, 0.29) is 11.9 Å². The molecule has 1 aliphatic rings. The zero-order valence-corrected chi connectivity index (χ0v) is 14.4. The summed E-state index contributed by atoms with van der Waals surface area (Å²) in [5.74, 6) is -0.348. The van der Waals surface area contributed by atoms with E-state index in [2.05, 4.69) is 30.2 Å². The standard InChI is InChI=1S/C20H25NO2/c1-5-12-21-13-11-17(16-9-7-6-8-10-16)19(20(22)23-4)18(21)14-15(2)3/h6-11,13-14,17H,5,12H2,1-4H3. The van der Waals surface area contributed by atoms with Crippen LogP contribution >= 0.6 is 0 Å². The zero-order chi connectivity index (χ0) is 16.8. The molecular formula is C20H25NO2. The summed E-state index contributed by atoms with van der Waals surface area (Å²) < 4.78 is 5.09. The first kappa shape index (κ1) is 17.1. The SMILES string of the molecule is CCCN1C=CC(c2ccccc2)C(C(=O)OC)=C1C=C(C)C. The first-order chi connectivity index (χ1) is 11.1. The van der Waals surface area contributed by atoms with Gasteiger partial charge in [-0.3, -0.25) is 0 Å². The molecule has 1 aromatic carbocycles. The van der Waals surface area contributed by atoms with Crippen LogP contribution in [-0.2, 0) is 9.53 Å². The summed E-state index contributed by atoms with van der Waals surface area (Å²) in [4.78, 5) is 14.7. The van der Waals surface area contributed by atoms with Gasteiger partial charge in [0.05, 0.1) is 18.4 Å². The molecule has 3 heteroatoms. The number of allylic oxidation sites excluding steroid dienone is 3. The second-order valence-corrected chi connectivity index (χ2v) is 5.94. The highest BCUT2D eigenvalue weighted by molar-refractivity contribution is 5.92. The Morgan fingerprint density at radius 1 is 1.26 bits per heavy atom. The minimum absolute atomic E-state index is 0.0812. The van der Waals surface area contributed by atoms with Crippen molar-refractivity contribution in [3.63, 3.8) is 0 Å². The van der Waals surface area contributed by atoms with Gasteiger partial charge in [-0.05, 0) is 31.9 Å². The van der Waals surface area contributed by atoms with Crippen molar-refractivity contribution in [3.05, 3.63) is 71.1 Å². The quantitative estimate of drug-likeness (QED) is 0.755. The first-order valence-electron chi connectivity index (χ1n) is 8.05. The van der Waals surface area contributed by atoms with Crippen LogP contribution in [0.4, 0.5) is 0 Å². The van der Waals surface area contributed by atoms with E-state index in [1.54, 1.807) is 0 Å². The molecule has 0 bridgehead atoms. The Hall–Kier alpha value is -2.29. The number of rotatable bonds is 5. The highest BCUT2D eigenvalue weighted by atomic mass is 16.5. The fourth-order valence-corrected chi connectivity index (χ4v) is 2.83. The Labute approximate surface area is 139 Å². The van der Waals surface area contributed by atoms with Crippen LogP contribution in [0.2, 0.25) is 0 Å². The van der Waals surface area contributed by atoms with Gasteiger partial charge >= 0.3 is 5.97 Å². The van der Waals surface area contributed by atoms with Gasteiger partial charge in [0, 0.05) is 18.7 Å².